The van der Waals surface area contributed by atoms with Crippen LogP contribution in [0.2, 0.25) is 0 Å². The second kappa shape index (κ2) is 3.08. The Bertz CT molecular complexity index is 383. The van der Waals surface area contributed by atoms with Crippen LogP contribution < -0.4 is 0 Å². The molecule has 1 unspecified atom stereocenters. The molecule has 66 valence electrons. The largest absolute Gasteiger partial charge is 0.294 e. The van der Waals surface area contributed by atoms with E-state index in [-0.39, 0.29) is 5.78 Å². The minimum absolute atomic E-state index is 0.197. The Morgan fingerprint density at radius 2 is 2.23 bits per heavy atom. The average Bonchev–Trinajstić information content (AvgIpc) is 2.46. The molecule has 1 nitrogen and oxygen atoms in total. The molecule has 0 saturated carbocycles. The van der Waals surface area contributed by atoms with E-state index in [1.54, 1.807) is 6.92 Å². The predicted octanol–water partition coefficient (Wildman–Crippen LogP) is 2.52. The molecular formula is C11H11OP. The summed E-state index contributed by atoms with van der Waals surface area (Å²) in [4.78, 5) is 11.1. The van der Waals surface area contributed by atoms with Crippen LogP contribution >= 0.6 is 8.20 Å². The normalized spacial score (nSPS) is 26.0. The van der Waals surface area contributed by atoms with Crippen LogP contribution in [0.5, 0.6) is 0 Å². The first kappa shape index (κ1) is 8.65. The zero-order valence-electron chi connectivity index (χ0n) is 7.74. The molecular weight excluding hydrogens is 179 g/mol. The number of ketones is 1. The number of Topliss-reactive ketones (excluding diaryl/α,β-unsaturated/α-hetero) is 1. The summed E-state index contributed by atoms with van der Waals surface area (Å²) in [5.74, 6) is 0.197. The summed E-state index contributed by atoms with van der Waals surface area (Å²) in [5.41, 5.74) is 2.98. The molecule has 2 rings (SSSR count). The van der Waals surface area contributed by atoms with Crippen molar-refractivity contribution in [3.8, 4) is 0 Å². The van der Waals surface area contributed by atoms with E-state index >= 15 is 0 Å². The first-order chi connectivity index (χ1) is 6.16. The fourth-order valence-corrected chi connectivity index (χ4v) is 2.71. The number of fused-ring (bicyclic) bond motifs is 1. The van der Waals surface area contributed by atoms with Crippen LogP contribution in [0.1, 0.15) is 13.8 Å². The Kier molecular flexibility index (Phi) is 2.05. The molecule has 0 aromatic rings. The lowest BCUT2D eigenvalue weighted by molar-refractivity contribution is -0.110. The summed E-state index contributed by atoms with van der Waals surface area (Å²) in [6.45, 7) is 3.72. The maximum absolute atomic E-state index is 11.1. The maximum atomic E-state index is 11.1. The fraction of sp³-hybridized carbons (Fsp3) is 0.273. The highest BCUT2D eigenvalue weighted by atomic mass is 31.1. The zero-order valence-corrected chi connectivity index (χ0v) is 8.64. The average molecular weight is 190 g/mol. The molecule has 1 atom stereocenters. The molecule has 2 heteroatoms. The maximum Gasteiger partial charge on any atom is 0.164 e. The molecule has 0 radical (unpaired) electrons. The molecule has 0 aromatic carbocycles. The topological polar surface area (TPSA) is 17.1 Å². The van der Waals surface area contributed by atoms with Crippen LogP contribution in [-0.4, -0.2) is 16.7 Å². The SMILES string of the molecule is CC(=O)C1=PC2C=CC(C)=CC2=C1. The number of hydrogen-bond donors (Lipinski definition) is 0. The minimum atomic E-state index is 0.197. The van der Waals surface area contributed by atoms with Gasteiger partial charge in [-0.3, -0.25) is 4.79 Å². The van der Waals surface area contributed by atoms with Gasteiger partial charge in [-0.05, 0) is 25.5 Å². The third kappa shape index (κ3) is 1.57. The lowest BCUT2D eigenvalue weighted by Gasteiger charge is -2.09. The van der Waals surface area contributed by atoms with Crippen molar-refractivity contribution in [1.29, 1.82) is 0 Å². The molecule has 0 saturated heterocycles. The third-order valence-electron chi connectivity index (χ3n) is 2.22. The molecule has 1 aliphatic heterocycles. The van der Waals surface area contributed by atoms with Crippen LogP contribution in [-0.2, 0) is 4.79 Å². The van der Waals surface area contributed by atoms with Crippen LogP contribution in [0.25, 0.3) is 0 Å². The van der Waals surface area contributed by atoms with Crippen molar-refractivity contribution >= 4 is 19.3 Å². The Hall–Kier alpha value is -0.940. The monoisotopic (exact) mass is 190 g/mol. The van der Waals surface area contributed by atoms with Crippen LogP contribution in [0, 0.1) is 0 Å². The van der Waals surface area contributed by atoms with E-state index in [4.69, 9.17) is 0 Å². The van der Waals surface area contributed by atoms with Crippen molar-refractivity contribution in [1.82, 2.24) is 0 Å². The lowest BCUT2D eigenvalue weighted by atomic mass is 10.0. The molecule has 13 heavy (non-hydrogen) atoms. The first-order valence-electron chi connectivity index (χ1n) is 4.33. The fourth-order valence-electron chi connectivity index (χ4n) is 1.53. The van der Waals surface area contributed by atoms with Gasteiger partial charge < -0.3 is 0 Å². The second-order valence-electron chi connectivity index (χ2n) is 3.41. The second-order valence-corrected chi connectivity index (χ2v) is 4.70. The lowest BCUT2D eigenvalue weighted by Crippen LogP contribution is -2.00. The first-order valence-corrected chi connectivity index (χ1v) is 5.30. The van der Waals surface area contributed by atoms with Crippen LogP contribution in [0.4, 0.5) is 0 Å². The van der Waals surface area contributed by atoms with Crippen molar-refractivity contribution in [3.63, 3.8) is 0 Å². The third-order valence-corrected chi connectivity index (χ3v) is 3.69. The van der Waals surface area contributed by atoms with Gasteiger partial charge in [0.2, 0.25) is 0 Å². The number of carbonyl (C=O) groups is 1. The van der Waals surface area contributed by atoms with E-state index in [2.05, 4.69) is 25.2 Å². The summed E-state index contributed by atoms with van der Waals surface area (Å²) in [6.07, 6.45) is 8.49. The van der Waals surface area contributed by atoms with Gasteiger partial charge in [0.05, 0.1) is 0 Å². The summed E-state index contributed by atoms with van der Waals surface area (Å²) in [6, 6.07) is 0. The molecule has 0 amide bonds. The van der Waals surface area contributed by atoms with Gasteiger partial charge in [0.25, 0.3) is 0 Å². The molecule has 1 aliphatic carbocycles. The Morgan fingerprint density at radius 1 is 1.46 bits per heavy atom. The highest BCUT2D eigenvalue weighted by Gasteiger charge is 2.19. The van der Waals surface area contributed by atoms with Gasteiger partial charge in [0.1, 0.15) is 0 Å². The van der Waals surface area contributed by atoms with Crippen molar-refractivity contribution < 1.29 is 4.79 Å². The van der Waals surface area contributed by atoms with E-state index < -0.39 is 0 Å². The van der Waals surface area contributed by atoms with Gasteiger partial charge in [-0.2, -0.15) is 0 Å². The number of carbonyl (C=O) groups excluding carboxylic acids is 1. The Labute approximate surface area is 79.6 Å². The molecule has 0 bridgehead atoms. The number of rotatable bonds is 1. The predicted molar refractivity (Wildman–Crippen MR) is 57.4 cm³/mol. The van der Waals surface area contributed by atoms with Crippen molar-refractivity contribution in [2.75, 3.05) is 0 Å². The van der Waals surface area contributed by atoms with Gasteiger partial charge in [-0.15, -0.1) is 0 Å². The summed E-state index contributed by atoms with van der Waals surface area (Å²) >= 11 is 0. The van der Waals surface area contributed by atoms with E-state index in [0.29, 0.717) is 5.66 Å². The minimum Gasteiger partial charge on any atom is -0.294 e. The van der Waals surface area contributed by atoms with Gasteiger partial charge in [-0.25, -0.2) is 0 Å². The van der Waals surface area contributed by atoms with E-state index in [0.717, 1.165) is 13.5 Å². The molecule has 0 N–H and O–H groups in total. The smallest absolute Gasteiger partial charge is 0.164 e. The molecule has 1 heterocycles. The molecule has 0 spiro atoms. The summed E-state index contributed by atoms with van der Waals surface area (Å²) < 4.78 is 0. The van der Waals surface area contributed by atoms with Crippen molar-refractivity contribution in [2.24, 2.45) is 0 Å². The molecule has 0 aromatic heterocycles. The van der Waals surface area contributed by atoms with E-state index in [1.807, 2.05) is 6.08 Å². The number of hydrogen-bond acceptors (Lipinski definition) is 1. The van der Waals surface area contributed by atoms with Gasteiger partial charge in [0, 0.05) is 11.0 Å². The van der Waals surface area contributed by atoms with Crippen LogP contribution in [0.15, 0.2) is 35.5 Å². The van der Waals surface area contributed by atoms with E-state index in [1.165, 1.54) is 11.1 Å². The summed E-state index contributed by atoms with van der Waals surface area (Å²) in [5, 5.41) is 0.940. The van der Waals surface area contributed by atoms with Crippen LogP contribution in [0.3, 0.4) is 0 Å². The zero-order chi connectivity index (χ0) is 9.42. The molecule has 0 fully saturated rings. The van der Waals surface area contributed by atoms with Gasteiger partial charge in [-0.1, -0.05) is 32.0 Å². The Balaban J connectivity index is 2.36. The van der Waals surface area contributed by atoms with Crippen molar-refractivity contribution in [3.05, 3.63) is 35.5 Å². The van der Waals surface area contributed by atoms with Gasteiger partial charge >= 0.3 is 0 Å². The standard InChI is InChI=1S/C11H11OP/c1-7-3-4-10-9(5-7)6-11(13-10)8(2)12/h3-6,10H,1-2H3. The van der Waals surface area contributed by atoms with Gasteiger partial charge in [0.15, 0.2) is 5.78 Å². The van der Waals surface area contributed by atoms with Crippen molar-refractivity contribution in [2.45, 2.75) is 19.5 Å². The number of allylic oxidation sites excluding steroid dienone is 6. The molecule has 2 aliphatic rings. The van der Waals surface area contributed by atoms with E-state index in [9.17, 15) is 4.79 Å². The highest BCUT2D eigenvalue weighted by molar-refractivity contribution is 7.46. The Morgan fingerprint density at radius 3 is 2.92 bits per heavy atom. The quantitative estimate of drug-likeness (QED) is 0.580. The summed E-state index contributed by atoms with van der Waals surface area (Å²) in [7, 11) is 1.15. The highest BCUT2D eigenvalue weighted by Crippen LogP contribution is 2.32.